The number of hydrogen-bond donors (Lipinski definition) is 1. The summed E-state index contributed by atoms with van der Waals surface area (Å²) in [7, 11) is 3.25. The van der Waals surface area contributed by atoms with Gasteiger partial charge in [-0.05, 0) is 48.4 Å². The molecule has 23 heavy (non-hydrogen) atoms. The van der Waals surface area contributed by atoms with Gasteiger partial charge in [0.2, 0.25) is 5.91 Å². The molecule has 0 aliphatic rings. The van der Waals surface area contributed by atoms with Crippen molar-refractivity contribution in [1.82, 2.24) is 5.32 Å². The average Bonchev–Trinajstić information content (AvgIpc) is 2.60. The highest BCUT2D eigenvalue weighted by molar-refractivity contribution is 5.91. The normalized spacial score (nSPS) is 12.0. The molecule has 2 rings (SSSR count). The molecule has 0 radical (unpaired) electrons. The number of carbonyl (C=O) groups is 1. The zero-order valence-electron chi connectivity index (χ0n) is 13.6. The monoisotopic (exact) mass is 311 g/mol. The molecule has 1 amide bonds. The van der Waals surface area contributed by atoms with E-state index in [4.69, 9.17) is 9.47 Å². The van der Waals surface area contributed by atoms with Crippen LogP contribution in [0.3, 0.4) is 0 Å². The summed E-state index contributed by atoms with van der Waals surface area (Å²) in [5, 5.41) is 2.94. The van der Waals surface area contributed by atoms with Gasteiger partial charge < -0.3 is 14.8 Å². The van der Waals surface area contributed by atoms with Crippen LogP contribution < -0.4 is 14.8 Å². The molecule has 4 heteroatoms. The number of amides is 1. The number of benzene rings is 2. The summed E-state index contributed by atoms with van der Waals surface area (Å²) < 4.78 is 10.2. The zero-order chi connectivity index (χ0) is 16.7. The Hall–Kier alpha value is -2.75. The van der Waals surface area contributed by atoms with Gasteiger partial charge >= 0.3 is 0 Å². The summed E-state index contributed by atoms with van der Waals surface area (Å²) in [4.78, 5) is 12.0. The number of carbonyl (C=O) groups excluding carboxylic acids is 1. The molecule has 0 bridgehead atoms. The minimum Gasteiger partial charge on any atom is -0.497 e. The minimum absolute atomic E-state index is 0.0751. The summed E-state index contributed by atoms with van der Waals surface area (Å²) >= 11 is 0. The molecule has 0 saturated heterocycles. The van der Waals surface area contributed by atoms with E-state index in [-0.39, 0.29) is 11.9 Å². The van der Waals surface area contributed by atoms with Crippen LogP contribution in [0.25, 0.3) is 6.08 Å². The van der Waals surface area contributed by atoms with Gasteiger partial charge in [-0.2, -0.15) is 0 Å². The van der Waals surface area contributed by atoms with Gasteiger partial charge in [0.25, 0.3) is 0 Å². The Labute approximate surface area is 136 Å². The molecule has 1 atom stereocenters. The van der Waals surface area contributed by atoms with E-state index in [1.165, 1.54) is 6.08 Å². The van der Waals surface area contributed by atoms with Crippen molar-refractivity contribution in [1.29, 1.82) is 0 Å². The Kier molecular flexibility index (Phi) is 5.80. The summed E-state index contributed by atoms with van der Waals surface area (Å²) in [6.45, 7) is 1.95. The van der Waals surface area contributed by atoms with Crippen LogP contribution >= 0.6 is 0 Å². The fraction of sp³-hybridized carbons (Fsp3) is 0.211. The summed E-state index contributed by atoms with van der Waals surface area (Å²) in [5.41, 5.74) is 1.97. The van der Waals surface area contributed by atoms with Crippen molar-refractivity contribution in [2.45, 2.75) is 13.0 Å². The Morgan fingerprint density at radius 2 is 1.48 bits per heavy atom. The molecule has 0 unspecified atom stereocenters. The molecule has 0 aliphatic heterocycles. The van der Waals surface area contributed by atoms with E-state index in [0.717, 1.165) is 22.6 Å². The van der Waals surface area contributed by atoms with Crippen molar-refractivity contribution in [3.63, 3.8) is 0 Å². The maximum Gasteiger partial charge on any atom is 0.244 e. The molecular formula is C19H21NO3. The van der Waals surface area contributed by atoms with Crippen LogP contribution in [-0.4, -0.2) is 20.1 Å². The van der Waals surface area contributed by atoms with Crippen LogP contribution in [0, 0.1) is 0 Å². The summed E-state index contributed by atoms with van der Waals surface area (Å²) in [5.74, 6) is 1.45. The molecule has 1 N–H and O–H groups in total. The topological polar surface area (TPSA) is 47.6 Å². The molecule has 0 aliphatic carbocycles. The molecule has 0 fully saturated rings. The summed E-state index contributed by atoms with van der Waals surface area (Å²) in [6.07, 6.45) is 3.30. The Morgan fingerprint density at radius 1 is 0.957 bits per heavy atom. The van der Waals surface area contributed by atoms with Gasteiger partial charge in [-0.1, -0.05) is 24.3 Å². The maximum absolute atomic E-state index is 12.0. The first-order chi connectivity index (χ1) is 11.1. The number of nitrogens with one attached hydrogen (secondary N) is 1. The number of rotatable bonds is 6. The minimum atomic E-state index is -0.135. The van der Waals surface area contributed by atoms with Crippen molar-refractivity contribution < 1.29 is 14.3 Å². The Bertz CT molecular complexity index is 660. The van der Waals surface area contributed by atoms with Crippen molar-refractivity contribution in [3.05, 3.63) is 65.7 Å². The molecule has 120 valence electrons. The molecule has 2 aromatic carbocycles. The number of methoxy groups -OCH3 is 2. The van der Waals surface area contributed by atoms with Gasteiger partial charge in [0.1, 0.15) is 11.5 Å². The van der Waals surface area contributed by atoms with Gasteiger partial charge in [-0.25, -0.2) is 0 Å². The van der Waals surface area contributed by atoms with E-state index in [1.807, 2.05) is 55.5 Å². The first-order valence-corrected chi connectivity index (χ1v) is 7.39. The maximum atomic E-state index is 12.0. The third kappa shape index (κ3) is 4.88. The van der Waals surface area contributed by atoms with Crippen molar-refractivity contribution in [2.24, 2.45) is 0 Å². The molecule has 2 aromatic rings. The molecular weight excluding hydrogens is 290 g/mol. The second-order valence-electron chi connectivity index (χ2n) is 5.11. The highest BCUT2D eigenvalue weighted by Crippen LogP contribution is 2.17. The Balaban J connectivity index is 1.93. The van der Waals surface area contributed by atoms with Crippen molar-refractivity contribution in [2.75, 3.05) is 14.2 Å². The Morgan fingerprint density at radius 3 is 2.00 bits per heavy atom. The van der Waals surface area contributed by atoms with E-state index in [1.54, 1.807) is 20.3 Å². The second kappa shape index (κ2) is 8.03. The van der Waals surface area contributed by atoms with Crippen LogP contribution in [0.5, 0.6) is 11.5 Å². The lowest BCUT2D eigenvalue weighted by molar-refractivity contribution is -0.117. The molecule has 0 aromatic heterocycles. The van der Waals surface area contributed by atoms with Crippen molar-refractivity contribution >= 4 is 12.0 Å². The van der Waals surface area contributed by atoms with E-state index in [0.29, 0.717) is 0 Å². The quantitative estimate of drug-likeness (QED) is 0.829. The zero-order valence-corrected chi connectivity index (χ0v) is 13.6. The molecule has 0 saturated carbocycles. The van der Waals surface area contributed by atoms with Crippen molar-refractivity contribution in [3.8, 4) is 11.5 Å². The van der Waals surface area contributed by atoms with Gasteiger partial charge in [-0.15, -0.1) is 0 Å². The van der Waals surface area contributed by atoms with Crippen LogP contribution in [0.2, 0.25) is 0 Å². The number of hydrogen-bond acceptors (Lipinski definition) is 3. The van der Waals surface area contributed by atoms with Gasteiger partial charge in [0, 0.05) is 6.08 Å². The van der Waals surface area contributed by atoms with E-state index in [9.17, 15) is 4.79 Å². The van der Waals surface area contributed by atoms with Crippen LogP contribution in [-0.2, 0) is 4.79 Å². The van der Waals surface area contributed by atoms with E-state index < -0.39 is 0 Å². The molecule has 0 spiro atoms. The van der Waals surface area contributed by atoms with Gasteiger partial charge in [0.15, 0.2) is 0 Å². The van der Waals surface area contributed by atoms with Gasteiger partial charge in [-0.3, -0.25) is 4.79 Å². The first-order valence-electron chi connectivity index (χ1n) is 7.39. The SMILES string of the molecule is COc1ccc(/C=C/C(=O)N[C@@H](C)c2ccc(OC)cc2)cc1. The lowest BCUT2D eigenvalue weighted by Gasteiger charge is -2.13. The smallest absolute Gasteiger partial charge is 0.244 e. The predicted molar refractivity (Wildman–Crippen MR) is 91.6 cm³/mol. The predicted octanol–water partition coefficient (Wildman–Crippen LogP) is 3.59. The largest absolute Gasteiger partial charge is 0.497 e. The fourth-order valence-corrected chi connectivity index (χ4v) is 2.12. The lowest BCUT2D eigenvalue weighted by atomic mass is 10.1. The molecule has 0 heterocycles. The van der Waals surface area contributed by atoms with E-state index in [2.05, 4.69) is 5.32 Å². The van der Waals surface area contributed by atoms with Crippen LogP contribution in [0.4, 0.5) is 0 Å². The highest BCUT2D eigenvalue weighted by Gasteiger charge is 2.07. The van der Waals surface area contributed by atoms with Crippen LogP contribution in [0.1, 0.15) is 24.1 Å². The molecule has 4 nitrogen and oxygen atoms in total. The average molecular weight is 311 g/mol. The summed E-state index contributed by atoms with van der Waals surface area (Å²) in [6, 6.07) is 15.1. The number of ether oxygens (including phenoxy) is 2. The first kappa shape index (κ1) is 16.6. The lowest BCUT2D eigenvalue weighted by Crippen LogP contribution is -2.24. The van der Waals surface area contributed by atoms with Crippen LogP contribution in [0.15, 0.2) is 54.6 Å². The highest BCUT2D eigenvalue weighted by atomic mass is 16.5. The third-order valence-corrected chi connectivity index (χ3v) is 3.52. The van der Waals surface area contributed by atoms with E-state index >= 15 is 0 Å². The third-order valence-electron chi connectivity index (χ3n) is 3.52. The second-order valence-corrected chi connectivity index (χ2v) is 5.11. The van der Waals surface area contributed by atoms with Gasteiger partial charge in [0.05, 0.1) is 20.3 Å². The fourth-order valence-electron chi connectivity index (χ4n) is 2.12. The standard InChI is InChI=1S/C19H21NO3/c1-14(16-7-11-18(23-3)12-8-16)20-19(21)13-6-15-4-9-17(22-2)10-5-15/h4-14H,1-3H3,(H,20,21)/b13-6+/t14-/m0/s1.